The molecule has 0 saturated heterocycles. The average molecular weight is 244 g/mol. The first-order chi connectivity index (χ1) is 7.62. The lowest BCUT2D eigenvalue weighted by atomic mass is 10.2. The van der Waals surface area contributed by atoms with Crippen molar-refractivity contribution in [2.45, 2.75) is 5.88 Å². The van der Waals surface area contributed by atoms with Crippen LogP contribution in [0.15, 0.2) is 12.1 Å². The number of carbonyl (C=O) groups excluding carboxylic acids is 2. The van der Waals surface area contributed by atoms with Crippen LogP contribution in [0.2, 0.25) is 0 Å². The maximum atomic E-state index is 11.3. The average Bonchev–Trinajstić information content (AvgIpc) is 2.35. The van der Waals surface area contributed by atoms with Crippen molar-refractivity contribution in [2.75, 3.05) is 14.2 Å². The smallest absolute Gasteiger partial charge is 0.356 e. The van der Waals surface area contributed by atoms with E-state index in [2.05, 4.69) is 14.5 Å². The van der Waals surface area contributed by atoms with Crippen LogP contribution < -0.4 is 0 Å². The minimum absolute atomic E-state index is 0.0288. The lowest BCUT2D eigenvalue weighted by Gasteiger charge is -2.04. The Morgan fingerprint density at radius 1 is 1.25 bits per heavy atom. The van der Waals surface area contributed by atoms with Crippen LogP contribution in [0.25, 0.3) is 0 Å². The molecule has 0 N–H and O–H groups in total. The summed E-state index contributed by atoms with van der Waals surface area (Å²) in [5.41, 5.74) is 0.652. The van der Waals surface area contributed by atoms with Crippen LogP contribution in [0.1, 0.15) is 26.5 Å². The highest BCUT2D eigenvalue weighted by Gasteiger charge is 2.14. The molecule has 0 radical (unpaired) electrons. The standard InChI is InChI=1S/C10H10ClNO4/c1-15-9(13)6-3-7(5-11)12-8(4-6)10(14)16-2/h3-4H,5H2,1-2H3. The molecule has 1 aromatic heterocycles. The van der Waals surface area contributed by atoms with E-state index in [0.717, 1.165) is 0 Å². The number of halogens is 1. The van der Waals surface area contributed by atoms with E-state index in [1.807, 2.05) is 0 Å². The summed E-state index contributed by atoms with van der Waals surface area (Å²) in [6.45, 7) is 0. The van der Waals surface area contributed by atoms with E-state index in [4.69, 9.17) is 11.6 Å². The van der Waals surface area contributed by atoms with E-state index >= 15 is 0 Å². The van der Waals surface area contributed by atoms with Crippen LogP contribution in [-0.2, 0) is 15.4 Å². The molecule has 0 atom stereocenters. The molecule has 0 unspecified atom stereocenters. The van der Waals surface area contributed by atoms with Gasteiger partial charge in [-0.15, -0.1) is 11.6 Å². The zero-order valence-electron chi connectivity index (χ0n) is 8.82. The summed E-state index contributed by atoms with van der Waals surface area (Å²) in [5.74, 6) is -1.09. The van der Waals surface area contributed by atoms with Gasteiger partial charge in [-0.3, -0.25) is 0 Å². The van der Waals surface area contributed by atoms with Gasteiger partial charge in [0.1, 0.15) is 5.69 Å². The highest BCUT2D eigenvalue weighted by molar-refractivity contribution is 6.17. The number of methoxy groups -OCH3 is 2. The predicted molar refractivity (Wildman–Crippen MR) is 56.5 cm³/mol. The molecular formula is C10H10ClNO4. The van der Waals surface area contributed by atoms with Gasteiger partial charge in [0, 0.05) is 0 Å². The Balaban J connectivity index is 3.20. The molecule has 0 aliphatic rings. The normalized spacial score (nSPS) is 9.69. The number of alkyl halides is 1. The summed E-state index contributed by atoms with van der Waals surface area (Å²) in [5, 5.41) is 0. The van der Waals surface area contributed by atoms with Crippen LogP contribution in [0.5, 0.6) is 0 Å². The van der Waals surface area contributed by atoms with Gasteiger partial charge in [-0.2, -0.15) is 0 Å². The van der Waals surface area contributed by atoms with Crippen molar-refractivity contribution >= 4 is 23.5 Å². The molecule has 0 saturated carbocycles. The number of carbonyl (C=O) groups is 2. The summed E-state index contributed by atoms with van der Waals surface area (Å²) in [6, 6.07) is 2.76. The minimum Gasteiger partial charge on any atom is -0.465 e. The number of aromatic nitrogens is 1. The molecule has 16 heavy (non-hydrogen) atoms. The second kappa shape index (κ2) is 5.46. The van der Waals surface area contributed by atoms with Crippen LogP contribution in [-0.4, -0.2) is 31.1 Å². The fourth-order valence-electron chi connectivity index (χ4n) is 1.10. The van der Waals surface area contributed by atoms with Crippen molar-refractivity contribution in [1.82, 2.24) is 4.98 Å². The molecule has 0 aromatic carbocycles. The molecule has 0 aliphatic carbocycles. The Hall–Kier alpha value is -1.62. The number of pyridine rings is 1. The summed E-state index contributed by atoms with van der Waals surface area (Å²) < 4.78 is 9.05. The van der Waals surface area contributed by atoms with E-state index < -0.39 is 11.9 Å². The van der Waals surface area contributed by atoms with Gasteiger partial charge in [0.2, 0.25) is 0 Å². The van der Waals surface area contributed by atoms with E-state index in [1.165, 1.54) is 26.4 Å². The molecule has 1 heterocycles. The first-order valence-corrected chi connectivity index (χ1v) is 4.89. The zero-order chi connectivity index (χ0) is 12.1. The second-order valence-electron chi connectivity index (χ2n) is 2.85. The molecule has 86 valence electrons. The topological polar surface area (TPSA) is 65.5 Å². The molecule has 5 nitrogen and oxygen atoms in total. The first kappa shape index (κ1) is 12.4. The number of hydrogen-bond donors (Lipinski definition) is 0. The third-order valence-electron chi connectivity index (χ3n) is 1.83. The minimum atomic E-state index is -0.628. The van der Waals surface area contributed by atoms with Crippen molar-refractivity contribution in [1.29, 1.82) is 0 Å². The van der Waals surface area contributed by atoms with Crippen molar-refractivity contribution in [3.05, 3.63) is 29.1 Å². The lowest BCUT2D eigenvalue weighted by Crippen LogP contribution is -2.10. The van der Waals surface area contributed by atoms with Gasteiger partial charge in [-0.1, -0.05) is 0 Å². The summed E-state index contributed by atoms with van der Waals surface area (Å²) >= 11 is 5.60. The van der Waals surface area contributed by atoms with Gasteiger partial charge < -0.3 is 9.47 Å². The molecular weight excluding hydrogens is 234 g/mol. The Morgan fingerprint density at radius 2 is 1.88 bits per heavy atom. The third kappa shape index (κ3) is 2.70. The summed E-state index contributed by atoms with van der Waals surface area (Å²) in [6.07, 6.45) is 0. The van der Waals surface area contributed by atoms with E-state index in [9.17, 15) is 9.59 Å². The molecule has 0 spiro atoms. The van der Waals surface area contributed by atoms with Crippen LogP contribution >= 0.6 is 11.6 Å². The van der Waals surface area contributed by atoms with Gasteiger partial charge in [0.15, 0.2) is 0 Å². The summed E-state index contributed by atoms with van der Waals surface area (Å²) in [7, 11) is 2.48. The number of hydrogen-bond acceptors (Lipinski definition) is 5. The van der Waals surface area contributed by atoms with Crippen LogP contribution in [0.3, 0.4) is 0 Å². The summed E-state index contributed by atoms with van der Waals surface area (Å²) in [4.78, 5) is 26.5. The Kier molecular flexibility index (Phi) is 4.25. The third-order valence-corrected chi connectivity index (χ3v) is 2.10. The quantitative estimate of drug-likeness (QED) is 0.593. The van der Waals surface area contributed by atoms with Gasteiger partial charge in [-0.25, -0.2) is 14.6 Å². The Bertz CT molecular complexity index is 385. The van der Waals surface area contributed by atoms with Crippen LogP contribution in [0.4, 0.5) is 0 Å². The Morgan fingerprint density at radius 3 is 2.38 bits per heavy atom. The van der Waals surface area contributed by atoms with Gasteiger partial charge in [-0.05, 0) is 12.1 Å². The highest BCUT2D eigenvalue weighted by Crippen LogP contribution is 2.10. The van der Waals surface area contributed by atoms with E-state index in [0.29, 0.717) is 5.69 Å². The van der Waals surface area contributed by atoms with Gasteiger partial charge in [0.25, 0.3) is 0 Å². The number of ether oxygens (including phenoxy) is 2. The van der Waals surface area contributed by atoms with Crippen LogP contribution in [0, 0.1) is 0 Å². The predicted octanol–water partition coefficient (Wildman–Crippen LogP) is 1.39. The molecule has 0 bridgehead atoms. The molecule has 6 heteroatoms. The fraction of sp³-hybridized carbons (Fsp3) is 0.300. The maximum Gasteiger partial charge on any atom is 0.356 e. The maximum absolute atomic E-state index is 11.3. The second-order valence-corrected chi connectivity index (χ2v) is 3.12. The van der Waals surface area contributed by atoms with Crippen molar-refractivity contribution in [3.63, 3.8) is 0 Å². The number of esters is 2. The zero-order valence-corrected chi connectivity index (χ0v) is 9.58. The molecule has 0 amide bonds. The molecule has 0 fully saturated rings. The SMILES string of the molecule is COC(=O)c1cc(CCl)nc(C(=O)OC)c1. The van der Waals surface area contributed by atoms with Gasteiger partial charge >= 0.3 is 11.9 Å². The van der Waals surface area contributed by atoms with Crippen molar-refractivity contribution in [2.24, 2.45) is 0 Å². The number of nitrogens with zero attached hydrogens (tertiary/aromatic N) is 1. The lowest BCUT2D eigenvalue weighted by molar-refractivity contribution is 0.0593. The molecule has 0 aliphatic heterocycles. The fourth-order valence-corrected chi connectivity index (χ4v) is 1.24. The monoisotopic (exact) mass is 243 g/mol. The Labute approximate surface area is 97.3 Å². The highest BCUT2D eigenvalue weighted by atomic mass is 35.5. The van der Waals surface area contributed by atoms with E-state index in [-0.39, 0.29) is 17.1 Å². The van der Waals surface area contributed by atoms with Gasteiger partial charge in [0.05, 0.1) is 31.4 Å². The largest absolute Gasteiger partial charge is 0.465 e. The van der Waals surface area contributed by atoms with E-state index in [1.54, 1.807) is 0 Å². The van der Waals surface area contributed by atoms with Crippen molar-refractivity contribution < 1.29 is 19.1 Å². The first-order valence-electron chi connectivity index (χ1n) is 4.36. The number of rotatable bonds is 3. The molecule has 1 aromatic rings. The van der Waals surface area contributed by atoms with Crippen molar-refractivity contribution in [3.8, 4) is 0 Å². The molecule has 1 rings (SSSR count).